The molecule has 20 heavy (non-hydrogen) atoms. The van der Waals surface area contributed by atoms with Crippen LogP contribution in [0.25, 0.3) is 5.69 Å². The van der Waals surface area contributed by atoms with Crippen LogP contribution in [0.15, 0.2) is 12.1 Å². The Labute approximate surface area is 130 Å². The standard InChI is InChI=1S/C12H10Cl3N3O2/c1-5-17-9(12(19)20-2)11(16)18(5)10-7(14)3-6(13)4-8(10)15/h3-4H,16H2,1-2H3. The van der Waals surface area contributed by atoms with Gasteiger partial charge in [-0.2, -0.15) is 0 Å². The third-order valence-electron chi connectivity index (χ3n) is 2.66. The number of hydrogen-bond donors (Lipinski definition) is 1. The first-order chi connectivity index (χ1) is 9.36. The molecule has 1 aromatic heterocycles. The Morgan fingerprint density at radius 1 is 1.30 bits per heavy atom. The fraction of sp³-hybridized carbons (Fsp3) is 0.167. The SMILES string of the molecule is COC(=O)c1nc(C)n(-c2c(Cl)cc(Cl)cc2Cl)c1N. The van der Waals surface area contributed by atoms with Gasteiger partial charge < -0.3 is 10.5 Å². The van der Waals surface area contributed by atoms with Crippen molar-refractivity contribution in [2.75, 3.05) is 12.8 Å². The van der Waals surface area contributed by atoms with E-state index in [0.29, 0.717) is 26.6 Å². The monoisotopic (exact) mass is 333 g/mol. The van der Waals surface area contributed by atoms with Crippen molar-refractivity contribution in [1.82, 2.24) is 9.55 Å². The number of methoxy groups -OCH3 is 1. The minimum Gasteiger partial charge on any atom is -0.464 e. The van der Waals surface area contributed by atoms with E-state index in [-0.39, 0.29) is 11.5 Å². The minimum atomic E-state index is -0.634. The fourth-order valence-electron chi connectivity index (χ4n) is 1.83. The number of nitrogen functional groups attached to an aromatic ring is 1. The Morgan fingerprint density at radius 2 is 1.85 bits per heavy atom. The summed E-state index contributed by atoms with van der Waals surface area (Å²) in [4.78, 5) is 15.7. The summed E-state index contributed by atoms with van der Waals surface area (Å²) in [5, 5.41) is 0.991. The topological polar surface area (TPSA) is 70.1 Å². The Morgan fingerprint density at radius 3 is 2.35 bits per heavy atom. The first-order valence-corrected chi connectivity index (χ1v) is 6.58. The lowest BCUT2D eigenvalue weighted by atomic mass is 10.3. The Balaban J connectivity index is 2.71. The van der Waals surface area contributed by atoms with Crippen molar-refractivity contribution in [2.24, 2.45) is 0 Å². The van der Waals surface area contributed by atoms with Crippen LogP contribution in [0, 0.1) is 6.92 Å². The maximum Gasteiger partial charge on any atom is 0.360 e. The number of ether oxygens (including phenoxy) is 1. The normalized spacial score (nSPS) is 10.7. The molecule has 0 atom stereocenters. The maximum atomic E-state index is 11.6. The molecule has 1 heterocycles. The van der Waals surface area contributed by atoms with Crippen molar-refractivity contribution in [2.45, 2.75) is 6.92 Å². The molecule has 0 aliphatic rings. The van der Waals surface area contributed by atoms with E-state index in [0.717, 1.165) is 0 Å². The molecule has 0 aliphatic heterocycles. The number of halogens is 3. The van der Waals surface area contributed by atoms with Crippen molar-refractivity contribution in [3.05, 3.63) is 38.7 Å². The second-order valence-corrected chi connectivity index (χ2v) is 5.19. The number of nitrogens with two attached hydrogens (primary N) is 1. The Hall–Kier alpha value is -1.43. The Kier molecular flexibility index (Phi) is 4.13. The van der Waals surface area contributed by atoms with Crippen LogP contribution in [-0.2, 0) is 4.74 Å². The molecule has 5 nitrogen and oxygen atoms in total. The van der Waals surface area contributed by atoms with Crippen LogP contribution < -0.4 is 5.73 Å². The molecule has 106 valence electrons. The van der Waals surface area contributed by atoms with E-state index in [4.69, 9.17) is 40.5 Å². The quantitative estimate of drug-likeness (QED) is 0.853. The highest BCUT2D eigenvalue weighted by atomic mass is 35.5. The summed E-state index contributed by atoms with van der Waals surface area (Å²) in [6.07, 6.45) is 0. The number of anilines is 1. The van der Waals surface area contributed by atoms with E-state index < -0.39 is 5.97 Å². The minimum absolute atomic E-state index is 0.00656. The molecule has 0 saturated heterocycles. The summed E-state index contributed by atoms with van der Waals surface area (Å²) in [7, 11) is 1.25. The molecule has 8 heteroatoms. The van der Waals surface area contributed by atoms with Gasteiger partial charge in [-0.1, -0.05) is 34.8 Å². The van der Waals surface area contributed by atoms with Crippen LogP contribution in [0.4, 0.5) is 5.82 Å². The van der Waals surface area contributed by atoms with Crippen LogP contribution in [0.3, 0.4) is 0 Å². The van der Waals surface area contributed by atoms with Gasteiger partial charge in [-0.15, -0.1) is 0 Å². The number of carbonyl (C=O) groups excluding carboxylic acids is 1. The van der Waals surface area contributed by atoms with E-state index in [9.17, 15) is 4.79 Å². The molecule has 1 aromatic carbocycles. The number of benzene rings is 1. The number of carbonyl (C=O) groups is 1. The zero-order valence-corrected chi connectivity index (χ0v) is 12.8. The van der Waals surface area contributed by atoms with Gasteiger partial charge in [0.15, 0.2) is 5.69 Å². The first-order valence-electron chi connectivity index (χ1n) is 5.44. The van der Waals surface area contributed by atoms with E-state index in [1.54, 1.807) is 6.92 Å². The molecule has 0 fully saturated rings. The first kappa shape index (κ1) is 15.0. The third-order valence-corrected chi connectivity index (χ3v) is 3.46. The average molecular weight is 335 g/mol. The van der Waals surface area contributed by atoms with Gasteiger partial charge >= 0.3 is 5.97 Å². The lowest BCUT2D eigenvalue weighted by Gasteiger charge is -2.12. The highest BCUT2D eigenvalue weighted by Crippen LogP contribution is 2.35. The number of aromatic nitrogens is 2. The molecule has 0 amide bonds. The zero-order valence-electron chi connectivity index (χ0n) is 10.6. The van der Waals surface area contributed by atoms with Crippen molar-refractivity contribution >= 4 is 46.6 Å². The molecule has 0 spiro atoms. The van der Waals surface area contributed by atoms with Crippen molar-refractivity contribution in [3.8, 4) is 5.69 Å². The van der Waals surface area contributed by atoms with Gasteiger partial charge in [0.25, 0.3) is 0 Å². The lowest BCUT2D eigenvalue weighted by Crippen LogP contribution is -2.08. The molecule has 0 unspecified atom stereocenters. The largest absolute Gasteiger partial charge is 0.464 e. The van der Waals surface area contributed by atoms with Gasteiger partial charge in [-0.05, 0) is 19.1 Å². The maximum absolute atomic E-state index is 11.6. The second kappa shape index (κ2) is 5.52. The van der Waals surface area contributed by atoms with E-state index in [1.165, 1.54) is 23.8 Å². The number of imidazole rings is 1. The van der Waals surface area contributed by atoms with Crippen LogP contribution in [0.1, 0.15) is 16.3 Å². The molecule has 2 aromatic rings. The van der Waals surface area contributed by atoms with Gasteiger partial charge in [-0.25, -0.2) is 9.78 Å². The van der Waals surface area contributed by atoms with E-state index >= 15 is 0 Å². The summed E-state index contributed by atoms with van der Waals surface area (Å²) in [6.45, 7) is 1.67. The molecule has 2 rings (SSSR count). The van der Waals surface area contributed by atoms with Crippen molar-refractivity contribution < 1.29 is 9.53 Å². The molecule has 0 bridgehead atoms. The summed E-state index contributed by atoms with van der Waals surface area (Å²) in [6, 6.07) is 3.06. The van der Waals surface area contributed by atoms with Gasteiger partial charge in [0, 0.05) is 5.02 Å². The van der Waals surface area contributed by atoms with E-state index in [1.807, 2.05) is 0 Å². The molecule has 0 radical (unpaired) electrons. The van der Waals surface area contributed by atoms with Crippen molar-refractivity contribution in [1.29, 1.82) is 0 Å². The highest BCUT2D eigenvalue weighted by molar-refractivity contribution is 6.40. The predicted molar refractivity (Wildman–Crippen MR) is 79.1 cm³/mol. The van der Waals surface area contributed by atoms with Crippen LogP contribution >= 0.6 is 34.8 Å². The third kappa shape index (κ3) is 2.44. The Bertz CT molecular complexity index is 674. The summed E-state index contributed by atoms with van der Waals surface area (Å²) < 4.78 is 6.10. The number of nitrogens with zero attached hydrogens (tertiary/aromatic N) is 2. The summed E-state index contributed by atoms with van der Waals surface area (Å²) in [5.41, 5.74) is 6.36. The molecule has 0 saturated carbocycles. The predicted octanol–water partition coefficient (Wildman–Crippen LogP) is 3.51. The van der Waals surface area contributed by atoms with Crippen LogP contribution in [0.5, 0.6) is 0 Å². The summed E-state index contributed by atoms with van der Waals surface area (Å²) in [5.74, 6) is -0.0833. The average Bonchev–Trinajstić information content (AvgIpc) is 2.65. The zero-order chi connectivity index (χ0) is 15.0. The van der Waals surface area contributed by atoms with Gasteiger partial charge in [0.2, 0.25) is 0 Å². The van der Waals surface area contributed by atoms with Gasteiger partial charge in [0.1, 0.15) is 11.6 Å². The number of aryl methyl sites for hydroxylation is 1. The lowest BCUT2D eigenvalue weighted by molar-refractivity contribution is 0.0596. The summed E-state index contributed by atoms with van der Waals surface area (Å²) >= 11 is 18.2. The molecule has 0 aliphatic carbocycles. The highest BCUT2D eigenvalue weighted by Gasteiger charge is 2.22. The van der Waals surface area contributed by atoms with Gasteiger partial charge in [0.05, 0.1) is 22.8 Å². The number of rotatable bonds is 2. The number of esters is 1. The van der Waals surface area contributed by atoms with Gasteiger partial charge in [-0.3, -0.25) is 4.57 Å². The molecular weight excluding hydrogens is 325 g/mol. The fourth-order valence-corrected chi connectivity index (χ4v) is 2.81. The van der Waals surface area contributed by atoms with Crippen LogP contribution in [0.2, 0.25) is 15.1 Å². The molecule has 2 N–H and O–H groups in total. The van der Waals surface area contributed by atoms with Crippen LogP contribution in [-0.4, -0.2) is 22.6 Å². The number of hydrogen-bond acceptors (Lipinski definition) is 4. The molecular formula is C12H10Cl3N3O2. The van der Waals surface area contributed by atoms with E-state index in [2.05, 4.69) is 9.72 Å². The second-order valence-electron chi connectivity index (χ2n) is 3.94. The smallest absolute Gasteiger partial charge is 0.360 e. The van der Waals surface area contributed by atoms with Crippen molar-refractivity contribution in [3.63, 3.8) is 0 Å².